The molecular formula is C7H7F2OP. The average molecular weight is 176 g/mol. The highest BCUT2D eigenvalue weighted by Gasteiger charge is 2.13. The normalized spacial score (nSPS) is 13.4. The maximum atomic E-state index is 11.8. The lowest BCUT2D eigenvalue weighted by molar-refractivity contribution is 0.240. The number of hydrogen-bond donors (Lipinski definition) is 0. The predicted octanol–water partition coefficient (Wildman–Crippen LogP) is 2.09. The van der Waals surface area contributed by atoms with E-state index in [9.17, 15) is 13.3 Å². The molecule has 1 unspecified atom stereocenters. The van der Waals surface area contributed by atoms with Crippen molar-refractivity contribution in [2.45, 2.75) is 6.17 Å². The van der Waals surface area contributed by atoms with Crippen LogP contribution >= 0.6 is 7.80 Å². The molecule has 1 nitrogen and oxygen atoms in total. The molecule has 1 aromatic carbocycles. The highest BCUT2D eigenvalue weighted by molar-refractivity contribution is 7.53. The lowest BCUT2D eigenvalue weighted by Gasteiger charge is -1.98. The van der Waals surface area contributed by atoms with E-state index in [1.165, 1.54) is 12.1 Å². The standard InChI is InChI=1S/C7H7F2OP/c8-7(9)11(10)6-4-2-1-3-5-6/h1-5,7,11H. The van der Waals surface area contributed by atoms with Crippen LogP contribution in [0.15, 0.2) is 30.3 Å². The van der Waals surface area contributed by atoms with E-state index >= 15 is 0 Å². The van der Waals surface area contributed by atoms with Crippen molar-refractivity contribution in [2.24, 2.45) is 0 Å². The Balaban J connectivity index is 2.86. The second-order valence-electron chi connectivity index (χ2n) is 2.03. The van der Waals surface area contributed by atoms with Crippen LogP contribution in [-0.2, 0) is 4.57 Å². The summed E-state index contributed by atoms with van der Waals surface area (Å²) in [5, 5.41) is 0.243. The van der Waals surface area contributed by atoms with Crippen LogP contribution in [0, 0.1) is 0 Å². The van der Waals surface area contributed by atoms with E-state index in [2.05, 4.69) is 0 Å². The summed E-state index contributed by atoms with van der Waals surface area (Å²) < 4.78 is 34.5. The van der Waals surface area contributed by atoms with Gasteiger partial charge in [-0.1, -0.05) is 30.3 Å². The van der Waals surface area contributed by atoms with Crippen molar-refractivity contribution in [3.05, 3.63) is 30.3 Å². The van der Waals surface area contributed by atoms with Gasteiger partial charge in [-0.3, -0.25) is 0 Å². The summed E-state index contributed by atoms with van der Waals surface area (Å²) in [6.07, 6.45) is -2.72. The maximum absolute atomic E-state index is 11.8. The minimum Gasteiger partial charge on any atom is -0.316 e. The molecule has 0 N–H and O–H groups in total. The van der Waals surface area contributed by atoms with Crippen molar-refractivity contribution >= 4 is 13.1 Å². The summed E-state index contributed by atoms with van der Waals surface area (Å²) in [4.78, 5) is 0. The molecule has 1 atom stereocenters. The third kappa shape index (κ3) is 2.12. The molecule has 0 bridgehead atoms. The van der Waals surface area contributed by atoms with Crippen LogP contribution in [0.2, 0.25) is 0 Å². The first-order valence-electron chi connectivity index (χ1n) is 3.09. The van der Waals surface area contributed by atoms with E-state index in [0.29, 0.717) is 0 Å². The Morgan fingerprint density at radius 1 is 1.18 bits per heavy atom. The summed E-state index contributed by atoms with van der Waals surface area (Å²) in [5.41, 5.74) is 0. The van der Waals surface area contributed by atoms with Crippen molar-refractivity contribution in [3.63, 3.8) is 0 Å². The molecule has 0 radical (unpaired) electrons. The first-order chi connectivity index (χ1) is 5.22. The maximum Gasteiger partial charge on any atom is 0.290 e. The number of rotatable bonds is 2. The molecule has 60 valence electrons. The first kappa shape index (κ1) is 8.41. The predicted molar refractivity (Wildman–Crippen MR) is 41.1 cm³/mol. The van der Waals surface area contributed by atoms with Gasteiger partial charge in [-0.15, -0.1) is 0 Å². The minimum absolute atomic E-state index is 0.243. The molecule has 0 aliphatic carbocycles. The van der Waals surface area contributed by atoms with E-state index in [0.717, 1.165) is 0 Å². The fraction of sp³-hybridized carbons (Fsp3) is 0.143. The molecule has 0 heterocycles. The third-order valence-corrected chi connectivity index (χ3v) is 2.56. The molecule has 0 saturated carbocycles. The van der Waals surface area contributed by atoms with Crippen LogP contribution in [0.5, 0.6) is 0 Å². The summed E-state index contributed by atoms with van der Waals surface area (Å²) in [6, 6.07) is 7.80. The van der Waals surface area contributed by atoms with Gasteiger partial charge in [-0.25, -0.2) is 8.78 Å². The Labute approximate surface area is 63.8 Å². The number of alkyl halides is 2. The second kappa shape index (κ2) is 3.63. The Morgan fingerprint density at radius 2 is 1.73 bits per heavy atom. The van der Waals surface area contributed by atoms with Crippen LogP contribution in [0.4, 0.5) is 8.78 Å². The van der Waals surface area contributed by atoms with Crippen molar-refractivity contribution < 1.29 is 13.3 Å². The number of hydrogen-bond acceptors (Lipinski definition) is 1. The molecule has 0 aliphatic rings. The molecule has 11 heavy (non-hydrogen) atoms. The van der Waals surface area contributed by atoms with Gasteiger partial charge in [0.15, 0.2) is 7.80 Å². The van der Waals surface area contributed by atoms with E-state index in [4.69, 9.17) is 0 Å². The molecule has 1 rings (SSSR count). The van der Waals surface area contributed by atoms with Gasteiger partial charge >= 0.3 is 0 Å². The molecule has 0 spiro atoms. The van der Waals surface area contributed by atoms with Crippen molar-refractivity contribution in [1.82, 2.24) is 0 Å². The van der Waals surface area contributed by atoms with Crippen LogP contribution in [0.25, 0.3) is 0 Å². The molecule has 0 amide bonds. The van der Waals surface area contributed by atoms with Gasteiger partial charge in [-0.05, 0) is 0 Å². The SMILES string of the molecule is O=[PH](c1ccccc1)C(F)F. The molecule has 0 saturated heterocycles. The van der Waals surface area contributed by atoms with E-state index < -0.39 is 14.0 Å². The molecule has 0 aromatic heterocycles. The quantitative estimate of drug-likeness (QED) is 0.630. The van der Waals surface area contributed by atoms with Crippen molar-refractivity contribution in [1.29, 1.82) is 0 Å². The van der Waals surface area contributed by atoms with Gasteiger partial charge in [0, 0.05) is 5.30 Å². The highest BCUT2D eigenvalue weighted by Crippen LogP contribution is 2.28. The third-order valence-electron chi connectivity index (χ3n) is 1.26. The zero-order chi connectivity index (χ0) is 8.27. The van der Waals surface area contributed by atoms with Gasteiger partial charge in [0.05, 0.1) is 0 Å². The van der Waals surface area contributed by atoms with E-state index in [1.54, 1.807) is 18.2 Å². The van der Waals surface area contributed by atoms with Crippen LogP contribution in [0.1, 0.15) is 0 Å². The lowest BCUT2D eigenvalue weighted by atomic mass is 10.4. The largest absolute Gasteiger partial charge is 0.316 e. The molecule has 0 aliphatic heterocycles. The second-order valence-corrected chi connectivity index (χ2v) is 3.77. The number of halogens is 2. The van der Waals surface area contributed by atoms with Crippen molar-refractivity contribution in [3.8, 4) is 0 Å². The highest BCUT2D eigenvalue weighted by atomic mass is 31.1. The Kier molecular flexibility index (Phi) is 2.77. The Bertz CT molecular complexity index is 248. The minimum atomic E-state index is -2.87. The summed E-state index contributed by atoms with van der Waals surface area (Å²) in [5.74, 6) is 0. The summed E-state index contributed by atoms with van der Waals surface area (Å²) >= 11 is 0. The monoisotopic (exact) mass is 176 g/mol. The van der Waals surface area contributed by atoms with E-state index in [1.807, 2.05) is 0 Å². The van der Waals surface area contributed by atoms with Crippen LogP contribution in [-0.4, -0.2) is 6.17 Å². The van der Waals surface area contributed by atoms with Gasteiger partial charge in [0.25, 0.3) is 6.17 Å². The Morgan fingerprint density at radius 3 is 2.18 bits per heavy atom. The van der Waals surface area contributed by atoms with Gasteiger partial charge in [0.2, 0.25) is 0 Å². The molecular weight excluding hydrogens is 169 g/mol. The first-order valence-corrected chi connectivity index (χ1v) is 4.58. The van der Waals surface area contributed by atoms with Crippen LogP contribution < -0.4 is 5.30 Å². The fourth-order valence-corrected chi connectivity index (χ4v) is 1.50. The zero-order valence-corrected chi connectivity index (χ0v) is 6.63. The van der Waals surface area contributed by atoms with E-state index in [-0.39, 0.29) is 5.30 Å². The topological polar surface area (TPSA) is 17.1 Å². The van der Waals surface area contributed by atoms with Gasteiger partial charge < -0.3 is 4.57 Å². The summed E-state index contributed by atoms with van der Waals surface area (Å²) in [6.45, 7) is 0. The smallest absolute Gasteiger partial charge is 0.290 e. The average Bonchev–Trinajstić information content (AvgIpc) is 2.05. The molecule has 4 heteroatoms. The Hall–Kier alpha value is -0.690. The fourth-order valence-electron chi connectivity index (χ4n) is 0.728. The molecule has 0 fully saturated rings. The lowest BCUT2D eigenvalue weighted by Crippen LogP contribution is -1.98. The molecule has 1 aromatic rings. The van der Waals surface area contributed by atoms with Crippen LogP contribution in [0.3, 0.4) is 0 Å². The summed E-state index contributed by atoms with van der Waals surface area (Å²) in [7, 11) is -2.87. The zero-order valence-electron chi connectivity index (χ0n) is 5.63. The van der Waals surface area contributed by atoms with Gasteiger partial charge in [0.1, 0.15) is 0 Å². The number of benzene rings is 1. The van der Waals surface area contributed by atoms with Crippen molar-refractivity contribution in [2.75, 3.05) is 0 Å². The van der Waals surface area contributed by atoms with Gasteiger partial charge in [-0.2, -0.15) is 0 Å².